The van der Waals surface area contributed by atoms with Crippen LogP contribution < -0.4 is 14.9 Å². The Hall–Kier alpha value is -2.61. The molecule has 0 saturated carbocycles. The van der Waals surface area contributed by atoms with Crippen LogP contribution in [-0.2, 0) is 14.8 Å². The van der Waals surface area contributed by atoms with Crippen LogP contribution in [0.4, 0.5) is 17.2 Å². The molecule has 25 heavy (non-hydrogen) atoms. The summed E-state index contributed by atoms with van der Waals surface area (Å²) in [4.78, 5) is 17.4. The number of anilines is 3. The highest BCUT2D eigenvalue weighted by Gasteiger charge is 2.15. The number of carbonyl (C=O) groups is 1. The summed E-state index contributed by atoms with van der Waals surface area (Å²) in [6, 6.07) is 9.39. The van der Waals surface area contributed by atoms with E-state index in [1.165, 1.54) is 31.2 Å². The Morgan fingerprint density at radius 1 is 1.08 bits per heavy atom. The van der Waals surface area contributed by atoms with Gasteiger partial charge < -0.3 is 10.2 Å². The standard InChI is InChI=1S/C17H22N4O3S/c1-4-21(5-2)15-8-11-17(18-12-15)20-25(23,24)16-9-6-14(7-10-16)19-13(3)22/h6-12H,4-5H2,1-3H3,(H,18,20)(H,19,22). The zero-order valence-electron chi connectivity index (χ0n) is 14.5. The Bertz CT molecular complexity index is 814. The smallest absolute Gasteiger partial charge is 0.263 e. The lowest BCUT2D eigenvalue weighted by Gasteiger charge is -2.20. The maximum atomic E-state index is 12.4. The minimum absolute atomic E-state index is 0.0937. The monoisotopic (exact) mass is 362 g/mol. The van der Waals surface area contributed by atoms with Crippen molar-refractivity contribution in [2.45, 2.75) is 25.7 Å². The molecule has 7 nitrogen and oxygen atoms in total. The number of hydrogen-bond acceptors (Lipinski definition) is 5. The van der Waals surface area contributed by atoms with Crippen molar-refractivity contribution < 1.29 is 13.2 Å². The maximum absolute atomic E-state index is 12.4. The molecule has 0 saturated heterocycles. The van der Waals surface area contributed by atoms with Gasteiger partial charge in [0.2, 0.25) is 5.91 Å². The predicted octanol–water partition coefficient (Wildman–Crippen LogP) is 2.69. The van der Waals surface area contributed by atoms with Gasteiger partial charge in [0.15, 0.2) is 0 Å². The third kappa shape index (κ3) is 4.93. The average Bonchev–Trinajstić information content (AvgIpc) is 2.57. The molecular weight excluding hydrogens is 340 g/mol. The second kappa shape index (κ2) is 7.98. The molecule has 1 heterocycles. The van der Waals surface area contributed by atoms with Crippen molar-refractivity contribution in [2.75, 3.05) is 28.0 Å². The molecule has 0 spiro atoms. The highest BCUT2D eigenvalue weighted by atomic mass is 32.2. The first kappa shape index (κ1) is 18.7. The number of aromatic nitrogens is 1. The molecule has 0 aliphatic heterocycles. The lowest BCUT2D eigenvalue weighted by atomic mass is 10.3. The number of nitrogens with zero attached hydrogens (tertiary/aromatic N) is 2. The summed E-state index contributed by atoms with van der Waals surface area (Å²) < 4.78 is 27.3. The molecular formula is C17H22N4O3S. The van der Waals surface area contributed by atoms with Gasteiger partial charge in [0.25, 0.3) is 10.0 Å². The van der Waals surface area contributed by atoms with E-state index >= 15 is 0 Å². The number of pyridine rings is 1. The number of nitrogens with one attached hydrogen (secondary N) is 2. The Labute approximate surface area is 148 Å². The largest absolute Gasteiger partial charge is 0.371 e. The van der Waals surface area contributed by atoms with Crippen molar-refractivity contribution in [3.8, 4) is 0 Å². The summed E-state index contributed by atoms with van der Waals surface area (Å²) in [5, 5.41) is 2.59. The Morgan fingerprint density at radius 3 is 2.20 bits per heavy atom. The lowest BCUT2D eigenvalue weighted by Crippen LogP contribution is -2.22. The van der Waals surface area contributed by atoms with E-state index in [-0.39, 0.29) is 16.6 Å². The highest BCUT2D eigenvalue weighted by Crippen LogP contribution is 2.19. The van der Waals surface area contributed by atoms with Gasteiger partial charge in [0, 0.05) is 25.7 Å². The van der Waals surface area contributed by atoms with Gasteiger partial charge in [0.05, 0.1) is 16.8 Å². The number of hydrogen-bond donors (Lipinski definition) is 2. The zero-order chi connectivity index (χ0) is 18.4. The molecule has 0 aliphatic rings. The van der Waals surface area contributed by atoms with Crippen molar-refractivity contribution in [1.29, 1.82) is 0 Å². The van der Waals surface area contributed by atoms with Crippen LogP contribution in [0.15, 0.2) is 47.5 Å². The Kier molecular flexibility index (Phi) is 5.97. The van der Waals surface area contributed by atoms with E-state index in [0.717, 1.165) is 18.8 Å². The van der Waals surface area contributed by atoms with Crippen LogP contribution in [0, 0.1) is 0 Å². The van der Waals surface area contributed by atoms with Crippen LogP contribution >= 0.6 is 0 Å². The second-order valence-corrected chi connectivity index (χ2v) is 7.07. The Balaban J connectivity index is 2.14. The fourth-order valence-corrected chi connectivity index (χ4v) is 3.35. The fraction of sp³-hybridized carbons (Fsp3) is 0.294. The van der Waals surface area contributed by atoms with Crippen molar-refractivity contribution in [2.24, 2.45) is 0 Å². The van der Waals surface area contributed by atoms with Crippen LogP contribution in [-0.4, -0.2) is 32.4 Å². The molecule has 0 fully saturated rings. The maximum Gasteiger partial charge on any atom is 0.263 e. The summed E-state index contributed by atoms with van der Waals surface area (Å²) in [6.07, 6.45) is 1.64. The van der Waals surface area contributed by atoms with Gasteiger partial charge in [-0.2, -0.15) is 0 Å². The highest BCUT2D eigenvalue weighted by molar-refractivity contribution is 7.92. The van der Waals surface area contributed by atoms with E-state index in [0.29, 0.717) is 5.69 Å². The molecule has 0 unspecified atom stereocenters. The first-order valence-corrected chi connectivity index (χ1v) is 9.45. The molecule has 2 rings (SSSR count). The van der Waals surface area contributed by atoms with E-state index in [4.69, 9.17) is 0 Å². The van der Waals surface area contributed by atoms with E-state index in [1.54, 1.807) is 12.3 Å². The third-order valence-electron chi connectivity index (χ3n) is 3.60. The van der Waals surface area contributed by atoms with Crippen molar-refractivity contribution in [3.05, 3.63) is 42.6 Å². The van der Waals surface area contributed by atoms with E-state index < -0.39 is 10.0 Å². The molecule has 2 N–H and O–H groups in total. The molecule has 1 aromatic heterocycles. The molecule has 0 atom stereocenters. The van der Waals surface area contributed by atoms with Gasteiger partial charge in [-0.3, -0.25) is 9.52 Å². The third-order valence-corrected chi connectivity index (χ3v) is 4.97. The van der Waals surface area contributed by atoms with E-state index in [9.17, 15) is 13.2 Å². The number of amides is 1. The molecule has 2 aromatic rings. The topological polar surface area (TPSA) is 91.4 Å². The quantitative estimate of drug-likeness (QED) is 0.790. The van der Waals surface area contributed by atoms with Crippen LogP contribution in [0.1, 0.15) is 20.8 Å². The molecule has 134 valence electrons. The van der Waals surface area contributed by atoms with Crippen LogP contribution in [0.25, 0.3) is 0 Å². The number of benzene rings is 1. The van der Waals surface area contributed by atoms with Gasteiger partial charge in [-0.25, -0.2) is 13.4 Å². The molecule has 0 aliphatic carbocycles. The van der Waals surface area contributed by atoms with Crippen LogP contribution in [0.5, 0.6) is 0 Å². The lowest BCUT2D eigenvalue weighted by molar-refractivity contribution is -0.114. The number of carbonyl (C=O) groups excluding carboxylic acids is 1. The average molecular weight is 362 g/mol. The summed E-state index contributed by atoms with van der Waals surface area (Å²) in [5.41, 5.74) is 1.47. The van der Waals surface area contributed by atoms with Gasteiger partial charge in [-0.15, -0.1) is 0 Å². The second-order valence-electron chi connectivity index (χ2n) is 5.38. The predicted molar refractivity (Wildman–Crippen MR) is 99.4 cm³/mol. The number of rotatable bonds is 7. The Morgan fingerprint density at radius 2 is 1.72 bits per heavy atom. The van der Waals surface area contributed by atoms with Gasteiger partial charge >= 0.3 is 0 Å². The summed E-state index contributed by atoms with van der Waals surface area (Å²) in [6.45, 7) is 7.18. The van der Waals surface area contributed by atoms with Gasteiger partial charge in [0.1, 0.15) is 5.82 Å². The van der Waals surface area contributed by atoms with Crippen LogP contribution in [0.2, 0.25) is 0 Å². The van der Waals surface area contributed by atoms with Crippen LogP contribution in [0.3, 0.4) is 0 Å². The summed E-state index contributed by atoms with van der Waals surface area (Å²) in [5.74, 6) is 0.0352. The van der Waals surface area contributed by atoms with Gasteiger partial charge in [-0.05, 0) is 50.2 Å². The fourth-order valence-electron chi connectivity index (χ4n) is 2.34. The first-order valence-electron chi connectivity index (χ1n) is 7.97. The molecule has 1 aromatic carbocycles. The molecule has 1 amide bonds. The summed E-state index contributed by atoms with van der Waals surface area (Å²) in [7, 11) is -3.74. The van der Waals surface area contributed by atoms with Gasteiger partial charge in [-0.1, -0.05) is 0 Å². The molecule has 0 bridgehead atoms. The number of sulfonamides is 1. The van der Waals surface area contributed by atoms with E-state index in [1.807, 2.05) is 19.9 Å². The van der Waals surface area contributed by atoms with E-state index in [2.05, 4.69) is 19.9 Å². The zero-order valence-corrected chi connectivity index (χ0v) is 15.3. The van der Waals surface area contributed by atoms with Crippen molar-refractivity contribution >= 4 is 33.1 Å². The molecule has 0 radical (unpaired) electrons. The minimum atomic E-state index is -3.74. The van der Waals surface area contributed by atoms with Crippen molar-refractivity contribution in [3.63, 3.8) is 0 Å². The SMILES string of the molecule is CCN(CC)c1ccc(NS(=O)(=O)c2ccc(NC(C)=O)cc2)nc1. The molecule has 8 heteroatoms. The first-order chi connectivity index (χ1) is 11.9. The van der Waals surface area contributed by atoms with Crippen molar-refractivity contribution in [1.82, 2.24) is 4.98 Å². The normalized spacial score (nSPS) is 11.0. The summed E-state index contributed by atoms with van der Waals surface area (Å²) >= 11 is 0. The minimum Gasteiger partial charge on any atom is -0.371 e.